The van der Waals surface area contributed by atoms with Gasteiger partial charge in [-0.15, -0.1) is 0 Å². The fraction of sp³-hybridized carbons (Fsp3) is 0.474. The highest BCUT2D eigenvalue weighted by atomic mass is 16.2. The number of aromatic nitrogens is 6. The van der Waals surface area contributed by atoms with E-state index in [-0.39, 0.29) is 11.9 Å². The van der Waals surface area contributed by atoms with Crippen molar-refractivity contribution in [3.8, 4) is 11.3 Å². The molecule has 3 heterocycles. The van der Waals surface area contributed by atoms with Crippen molar-refractivity contribution < 1.29 is 4.79 Å². The standard InChI is InChI=1S/C19H27N7O/c1-11-8-12(2)26(21-11)13(3)10-20-19(27)17-9-16(23-25(17)7)18-14(4)22-24(6)15(18)5/h8-9,13H,10H2,1-7H3,(H,20,27)/t13-/m0/s1. The van der Waals surface area contributed by atoms with Crippen LogP contribution in [0.1, 0.15) is 46.2 Å². The zero-order valence-corrected chi connectivity index (χ0v) is 17.0. The second kappa shape index (κ2) is 7.02. The Hall–Kier alpha value is -2.90. The minimum Gasteiger partial charge on any atom is -0.349 e. The van der Waals surface area contributed by atoms with E-state index in [0.29, 0.717) is 12.2 Å². The lowest BCUT2D eigenvalue weighted by molar-refractivity contribution is 0.0938. The Morgan fingerprint density at radius 2 is 1.78 bits per heavy atom. The fourth-order valence-corrected chi connectivity index (χ4v) is 3.46. The summed E-state index contributed by atoms with van der Waals surface area (Å²) in [7, 11) is 3.69. The quantitative estimate of drug-likeness (QED) is 0.748. The predicted molar refractivity (Wildman–Crippen MR) is 104 cm³/mol. The fourth-order valence-electron chi connectivity index (χ4n) is 3.46. The van der Waals surface area contributed by atoms with Crippen LogP contribution in [0.15, 0.2) is 12.1 Å². The smallest absolute Gasteiger partial charge is 0.269 e. The van der Waals surface area contributed by atoms with Gasteiger partial charge in [0.25, 0.3) is 5.91 Å². The summed E-state index contributed by atoms with van der Waals surface area (Å²) in [6.45, 7) is 10.5. The molecule has 0 aromatic carbocycles. The maximum Gasteiger partial charge on any atom is 0.269 e. The Labute approximate surface area is 159 Å². The average molecular weight is 369 g/mol. The molecule has 1 atom stereocenters. The number of hydrogen-bond donors (Lipinski definition) is 1. The van der Waals surface area contributed by atoms with E-state index in [4.69, 9.17) is 0 Å². The number of carbonyl (C=O) groups is 1. The van der Waals surface area contributed by atoms with Crippen molar-refractivity contribution in [1.29, 1.82) is 0 Å². The van der Waals surface area contributed by atoms with Crippen LogP contribution in [0.4, 0.5) is 0 Å². The number of rotatable bonds is 5. The second-order valence-corrected chi connectivity index (χ2v) is 7.14. The molecule has 0 spiro atoms. The summed E-state index contributed by atoms with van der Waals surface area (Å²) < 4.78 is 5.38. The maximum atomic E-state index is 12.7. The number of carbonyl (C=O) groups excluding carboxylic acids is 1. The van der Waals surface area contributed by atoms with Gasteiger partial charge >= 0.3 is 0 Å². The van der Waals surface area contributed by atoms with E-state index < -0.39 is 0 Å². The first-order chi connectivity index (χ1) is 12.7. The summed E-state index contributed by atoms with van der Waals surface area (Å²) in [6.07, 6.45) is 0. The molecule has 0 fully saturated rings. The monoisotopic (exact) mass is 369 g/mol. The molecule has 0 radical (unpaired) electrons. The van der Waals surface area contributed by atoms with E-state index in [1.54, 1.807) is 11.7 Å². The molecule has 3 rings (SSSR count). The van der Waals surface area contributed by atoms with Gasteiger partial charge in [-0.2, -0.15) is 15.3 Å². The summed E-state index contributed by atoms with van der Waals surface area (Å²) in [4.78, 5) is 12.7. The maximum absolute atomic E-state index is 12.7. The molecule has 1 N–H and O–H groups in total. The second-order valence-electron chi connectivity index (χ2n) is 7.14. The highest BCUT2D eigenvalue weighted by molar-refractivity contribution is 5.93. The largest absolute Gasteiger partial charge is 0.349 e. The van der Waals surface area contributed by atoms with Crippen LogP contribution >= 0.6 is 0 Å². The number of nitrogens with one attached hydrogen (secondary N) is 1. The van der Waals surface area contributed by atoms with Crippen molar-refractivity contribution in [2.45, 2.75) is 40.7 Å². The molecule has 0 unspecified atom stereocenters. The lowest BCUT2D eigenvalue weighted by Gasteiger charge is -2.15. The van der Waals surface area contributed by atoms with Gasteiger partial charge in [0.1, 0.15) is 5.69 Å². The van der Waals surface area contributed by atoms with Crippen LogP contribution in [0, 0.1) is 27.7 Å². The molecule has 0 aliphatic carbocycles. The van der Waals surface area contributed by atoms with Gasteiger partial charge < -0.3 is 5.32 Å². The minimum absolute atomic E-state index is 0.0677. The van der Waals surface area contributed by atoms with E-state index in [2.05, 4.69) is 20.6 Å². The van der Waals surface area contributed by atoms with Gasteiger partial charge in [0.15, 0.2) is 0 Å². The minimum atomic E-state index is -0.149. The van der Waals surface area contributed by atoms with Crippen LogP contribution in [0.5, 0.6) is 0 Å². The zero-order chi connectivity index (χ0) is 19.9. The number of nitrogens with zero attached hydrogens (tertiary/aromatic N) is 6. The summed E-state index contributed by atoms with van der Waals surface area (Å²) in [6, 6.07) is 3.92. The Balaban J connectivity index is 1.76. The molecule has 0 saturated carbocycles. The van der Waals surface area contributed by atoms with Crippen molar-refractivity contribution in [2.24, 2.45) is 14.1 Å². The normalized spacial score (nSPS) is 12.4. The van der Waals surface area contributed by atoms with Crippen molar-refractivity contribution in [1.82, 2.24) is 34.7 Å². The molecule has 3 aromatic rings. The summed E-state index contributed by atoms with van der Waals surface area (Å²) in [5.74, 6) is -0.149. The van der Waals surface area contributed by atoms with Crippen LogP contribution in [0.25, 0.3) is 11.3 Å². The van der Waals surface area contributed by atoms with Crippen molar-refractivity contribution >= 4 is 5.91 Å². The van der Waals surface area contributed by atoms with E-state index >= 15 is 0 Å². The van der Waals surface area contributed by atoms with Gasteiger partial charge in [-0.25, -0.2) is 0 Å². The first-order valence-electron chi connectivity index (χ1n) is 9.04. The Morgan fingerprint density at radius 1 is 1.07 bits per heavy atom. The lowest BCUT2D eigenvalue weighted by atomic mass is 10.1. The lowest BCUT2D eigenvalue weighted by Crippen LogP contribution is -2.31. The number of hydrogen-bond acceptors (Lipinski definition) is 4. The van der Waals surface area contributed by atoms with Crippen LogP contribution in [-0.2, 0) is 14.1 Å². The third-order valence-corrected chi connectivity index (χ3v) is 4.90. The van der Waals surface area contributed by atoms with E-state index in [1.807, 2.05) is 63.2 Å². The van der Waals surface area contributed by atoms with Gasteiger partial charge in [0, 0.05) is 37.6 Å². The predicted octanol–water partition coefficient (Wildman–Crippen LogP) is 2.24. The van der Waals surface area contributed by atoms with Gasteiger partial charge in [-0.3, -0.25) is 18.8 Å². The molecule has 3 aromatic heterocycles. The number of amides is 1. The molecular weight excluding hydrogens is 342 g/mol. The third kappa shape index (κ3) is 3.51. The molecule has 8 nitrogen and oxygen atoms in total. The topological polar surface area (TPSA) is 82.6 Å². The Morgan fingerprint density at radius 3 is 2.33 bits per heavy atom. The first-order valence-corrected chi connectivity index (χ1v) is 9.04. The highest BCUT2D eigenvalue weighted by Crippen LogP contribution is 2.25. The SMILES string of the molecule is Cc1cc(C)n([C@@H](C)CNC(=O)c2cc(-c3c(C)nn(C)c3C)nn2C)n1. The van der Waals surface area contributed by atoms with Crippen LogP contribution in [0.2, 0.25) is 0 Å². The molecule has 0 aliphatic heterocycles. The highest BCUT2D eigenvalue weighted by Gasteiger charge is 2.20. The number of aryl methyl sites for hydroxylation is 5. The third-order valence-electron chi connectivity index (χ3n) is 4.90. The zero-order valence-electron chi connectivity index (χ0n) is 17.0. The van der Waals surface area contributed by atoms with Crippen LogP contribution in [-0.4, -0.2) is 41.8 Å². The summed E-state index contributed by atoms with van der Waals surface area (Å²) in [5, 5.41) is 16.4. The molecule has 0 saturated heterocycles. The summed E-state index contributed by atoms with van der Waals surface area (Å²) in [5.41, 5.74) is 6.24. The Kier molecular flexibility index (Phi) is 4.91. The molecule has 1 amide bonds. The molecule has 27 heavy (non-hydrogen) atoms. The molecule has 144 valence electrons. The van der Waals surface area contributed by atoms with Gasteiger partial charge in [-0.05, 0) is 46.8 Å². The van der Waals surface area contributed by atoms with Crippen molar-refractivity contribution in [3.63, 3.8) is 0 Å². The van der Waals surface area contributed by atoms with Crippen molar-refractivity contribution in [3.05, 3.63) is 40.6 Å². The van der Waals surface area contributed by atoms with Gasteiger partial charge in [0.2, 0.25) is 0 Å². The first kappa shape index (κ1) is 18.9. The van der Waals surface area contributed by atoms with Crippen molar-refractivity contribution in [2.75, 3.05) is 6.54 Å². The molecular formula is C19H27N7O. The van der Waals surface area contributed by atoms with E-state index in [0.717, 1.165) is 34.0 Å². The van der Waals surface area contributed by atoms with E-state index in [1.165, 1.54) is 0 Å². The average Bonchev–Trinajstić information content (AvgIpc) is 3.21. The molecule has 8 heteroatoms. The molecule has 0 aliphatic rings. The van der Waals surface area contributed by atoms with Crippen LogP contribution in [0.3, 0.4) is 0 Å². The van der Waals surface area contributed by atoms with Gasteiger partial charge in [0.05, 0.1) is 23.1 Å². The van der Waals surface area contributed by atoms with Crippen LogP contribution < -0.4 is 5.32 Å². The Bertz CT molecular complexity index is 992. The van der Waals surface area contributed by atoms with Gasteiger partial charge in [-0.1, -0.05) is 0 Å². The summed E-state index contributed by atoms with van der Waals surface area (Å²) >= 11 is 0. The molecule has 0 bridgehead atoms. The van der Waals surface area contributed by atoms with E-state index in [9.17, 15) is 4.79 Å².